The number of rotatable bonds is 5. The molecule has 5 heteroatoms. The molecule has 3 rings (SSSR count). The number of hydrogen-bond donors (Lipinski definition) is 1. The van der Waals surface area contributed by atoms with Crippen molar-refractivity contribution in [1.82, 2.24) is 9.97 Å². The molecule has 1 N–H and O–H groups in total. The van der Waals surface area contributed by atoms with Gasteiger partial charge in [-0.25, -0.2) is 4.98 Å². The Morgan fingerprint density at radius 1 is 1.40 bits per heavy atom. The van der Waals surface area contributed by atoms with E-state index in [4.69, 9.17) is 4.98 Å². The molecule has 0 aliphatic heterocycles. The molecule has 0 atom stereocenters. The summed E-state index contributed by atoms with van der Waals surface area (Å²) in [7, 11) is 1.88. The van der Waals surface area contributed by atoms with Crippen LogP contribution in [0.15, 0.2) is 6.07 Å². The van der Waals surface area contributed by atoms with Crippen LogP contribution in [-0.2, 0) is 0 Å². The summed E-state index contributed by atoms with van der Waals surface area (Å²) in [6.45, 7) is 6.48. The summed E-state index contributed by atoms with van der Waals surface area (Å²) in [6, 6.07) is 2.22. The van der Waals surface area contributed by atoms with Crippen molar-refractivity contribution in [3.8, 4) is 0 Å². The number of aryl methyl sites for hydroxylation is 1. The van der Waals surface area contributed by atoms with Crippen molar-refractivity contribution in [2.75, 3.05) is 30.4 Å². The van der Waals surface area contributed by atoms with Gasteiger partial charge in [0.15, 0.2) is 0 Å². The Morgan fingerprint density at radius 3 is 2.80 bits per heavy atom. The van der Waals surface area contributed by atoms with E-state index < -0.39 is 0 Å². The number of nitrogens with zero attached hydrogens (tertiary/aromatic N) is 3. The number of hydrogen-bond acceptors (Lipinski definition) is 5. The molecular weight excluding hydrogens is 268 g/mol. The Labute approximate surface area is 124 Å². The first-order valence-electron chi connectivity index (χ1n) is 7.42. The van der Waals surface area contributed by atoms with E-state index in [1.807, 2.05) is 7.05 Å². The second-order valence-corrected chi connectivity index (χ2v) is 6.77. The number of thiophene rings is 1. The molecule has 20 heavy (non-hydrogen) atoms. The van der Waals surface area contributed by atoms with Crippen LogP contribution in [0.25, 0.3) is 10.2 Å². The summed E-state index contributed by atoms with van der Waals surface area (Å²) >= 11 is 1.74. The fourth-order valence-corrected chi connectivity index (χ4v) is 3.61. The van der Waals surface area contributed by atoms with Gasteiger partial charge in [0.2, 0.25) is 5.95 Å². The second-order valence-electron chi connectivity index (χ2n) is 5.53. The summed E-state index contributed by atoms with van der Waals surface area (Å²) in [5, 5.41) is 4.29. The van der Waals surface area contributed by atoms with Crippen LogP contribution < -0.4 is 10.2 Å². The maximum Gasteiger partial charge on any atom is 0.225 e. The maximum absolute atomic E-state index is 4.73. The highest BCUT2D eigenvalue weighted by Crippen LogP contribution is 2.34. The third-order valence-corrected chi connectivity index (χ3v) is 5.05. The van der Waals surface area contributed by atoms with Crippen LogP contribution >= 0.6 is 11.3 Å². The molecule has 0 radical (unpaired) electrons. The van der Waals surface area contributed by atoms with Gasteiger partial charge in [-0.1, -0.05) is 6.42 Å². The number of aromatic nitrogens is 2. The van der Waals surface area contributed by atoms with Crippen LogP contribution in [0.4, 0.5) is 11.8 Å². The van der Waals surface area contributed by atoms with E-state index >= 15 is 0 Å². The van der Waals surface area contributed by atoms with Crippen LogP contribution in [0.2, 0.25) is 0 Å². The smallest absolute Gasteiger partial charge is 0.225 e. The van der Waals surface area contributed by atoms with Crippen molar-refractivity contribution < 1.29 is 0 Å². The van der Waals surface area contributed by atoms with E-state index in [1.54, 1.807) is 11.3 Å². The molecule has 0 aromatic carbocycles. The van der Waals surface area contributed by atoms with Gasteiger partial charge in [0.05, 0.1) is 5.39 Å². The van der Waals surface area contributed by atoms with Gasteiger partial charge in [0.1, 0.15) is 10.6 Å². The average Bonchev–Trinajstić information content (AvgIpc) is 2.77. The van der Waals surface area contributed by atoms with Crippen molar-refractivity contribution in [3.63, 3.8) is 0 Å². The molecule has 1 saturated carbocycles. The van der Waals surface area contributed by atoms with Crippen molar-refractivity contribution in [1.29, 1.82) is 0 Å². The minimum absolute atomic E-state index is 0.724. The van der Waals surface area contributed by atoms with Gasteiger partial charge in [-0.15, -0.1) is 11.3 Å². The maximum atomic E-state index is 4.73. The molecule has 1 fully saturated rings. The summed E-state index contributed by atoms with van der Waals surface area (Å²) < 4.78 is 0. The Bertz CT molecular complexity index is 603. The Kier molecular flexibility index (Phi) is 3.78. The Hall–Kier alpha value is -1.36. The van der Waals surface area contributed by atoms with Gasteiger partial charge in [-0.2, -0.15) is 4.98 Å². The number of fused-ring (bicyclic) bond motifs is 1. The third kappa shape index (κ3) is 2.46. The van der Waals surface area contributed by atoms with Crippen molar-refractivity contribution >= 4 is 33.3 Å². The topological polar surface area (TPSA) is 41.1 Å². The summed E-state index contributed by atoms with van der Waals surface area (Å²) in [5.41, 5.74) is 0. The van der Waals surface area contributed by atoms with Crippen molar-refractivity contribution in [2.45, 2.75) is 33.1 Å². The summed E-state index contributed by atoms with van der Waals surface area (Å²) in [6.07, 6.45) is 4.12. The Morgan fingerprint density at radius 2 is 2.20 bits per heavy atom. The van der Waals surface area contributed by atoms with Gasteiger partial charge in [0, 0.05) is 25.0 Å². The molecule has 4 nitrogen and oxygen atoms in total. The largest absolute Gasteiger partial charge is 0.357 e. The highest BCUT2D eigenvalue weighted by atomic mass is 32.1. The zero-order chi connectivity index (χ0) is 14.1. The first kappa shape index (κ1) is 13.6. The first-order valence-corrected chi connectivity index (χ1v) is 8.23. The average molecular weight is 290 g/mol. The lowest BCUT2D eigenvalue weighted by Crippen LogP contribution is -2.33. The summed E-state index contributed by atoms with van der Waals surface area (Å²) in [4.78, 5) is 14.1. The highest BCUT2D eigenvalue weighted by molar-refractivity contribution is 7.18. The monoisotopic (exact) mass is 290 g/mol. The highest BCUT2D eigenvalue weighted by Gasteiger charge is 2.22. The molecule has 0 bridgehead atoms. The minimum Gasteiger partial charge on any atom is -0.357 e. The van der Waals surface area contributed by atoms with Gasteiger partial charge in [-0.05, 0) is 38.7 Å². The van der Waals surface area contributed by atoms with E-state index in [0.29, 0.717) is 0 Å². The molecule has 2 heterocycles. The van der Waals surface area contributed by atoms with Gasteiger partial charge in [-0.3, -0.25) is 0 Å². The lowest BCUT2D eigenvalue weighted by Gasteiger charge is -2.32. The lowest BCUT2D eigenvalue weighted by molar-refractivity contribution is 0.318. The third-order valence-electron chi connectivity index (χ3n) is 4.10. The first-order chi connectivity index (χ1) is 9.71. The molecule has 0 saturated heterocycles. The van der Waals surface area contributed by atoms with Crippen LogP contribution in [0.3, 0.4) is 0 Å². The normalized spacial score (nSPS) is 15.3. The Balaban J connectivity index is 2.01. The number of anilines is 2. The van der Waals surface area contributed by atoms with E-state index in [9.17, 15) is 0 Å². The molecule has 2 aromatic rings. The van der Waals surface area contributed by atoms with E-state index in [-0.39, 0.29) is 0 Å². The van der Waals surface area contributed by atoms with Crippen molar-refractivity contribution in [2.24, 2.45) is 5.92 Å². The van der Waals surface area contributed by atoms with Crippen LogP contribution in [0.1, 0.15) is 31.1 Å². The molecular formula is C15H22N4S. The standard InChI is InChI=1S/C15H22N4S/c1-4-19(9-11-6-5-7-11)13-12-8-10(2)20-14(12)18-15(16-3)17-13/h8,11H,4-7,9H2,1-3H3,(H,16,17,18). The van der Waals surface area contributed by atoms with Crippen LogP contribution in [0.5, 0.6) is 0 Å². The zero-order valence-electron chi connectivity index (χ0n) is 12.4. The predicted molar refractivity (Wildman–Crippen MR) is 86.9 cm³/mol. The second kappa shape index (κ2) is 5.56. The van der Waals surface area contributed by atoms with Gasteiger partial charge in [0.25, 0.3) is 0 Å². The quantitative estimate of drug-likeness (QED) is 0.912. The van der Waals surface area contributed by atoms with Crippen molar-refractivity contribution in [3.05, 3.63) is 10.9 Å². The molecule has 108 valence electrons. The molecule has 1 aliphatic rings. The minimum atomic E-state index is 0.724. The summed E-state index contributed by atoms with van der Waals surface area (Å²) in [5.74, 6) is 2.66. The number of nitrogens with one attached hydrogen (secondary N) is 1. The zero-order valence-corrected chi connectivity index (χ0v) is 13.3. The van der Waals surface area contributed by atoms with Gasteiger partial charge >= 0.3 is 0 Å². The fraction of sp³-hybridized carbons (Fsp3) is 0.600. The molecule has 0 amide bonds. The van der Waals surface area contributed by atoms with Gasteiger partial charge < -0.3 is 10.2 Å². The lowest BCUT2D eigenvalue weighted by atomic mass is 9.85. The van der Waals surface area contributed by atoms with Crippen LogP contribution in [-0.4, -0.2) is 30.1 Å². The molecule has 0 spiro atoms. The molecule has 0 unspecified atom stereocenters. The fourth-order valence-electron chi connectivity index (χ4n) is 2.73. The van der Waals surface area contributed by atoms with E-state index in [2.05, 4.69) is 35.1 Å². The van der Waals surface area contributed by atoms with E-state index in [1.165, 1.54) is 29.5 Å². The van der Waals surface area contributed by atoms with Crippen LogP contribution in [0, 0.1) is 12.8 Å². The predicted octanol–water partition coefficient (Wildman–Crippen LogP) is 3.67. The molecule has 1 aliphatic carbocycles. The SMILES string of the molecule is CCN(CC1CCC1)c1nc(NC)nc2sc(C)cc12. The van der Waals surface area contributed by atoms with E-state index in [0.717, 1.165) is 35.6 Å². The molecule has 2 aromatic heterocycles.